The van der Waals surface area contributed by atoms with Crippen molar-refractivity contribution in [2.75, 3.05) is 24.8 Å². The first-order valence-electron chi connectivity index (χ1n) is 2.98. The van der Waals surface area contributed by atoms with Gasteiger partial charge < -0.3 is 0 Å². The molecule has 0 amide bonds. The SMILES string of the molecule is NP(=O)(I)N(CCCl)CCCl. The maximum atomic E-state index is 11.3. The fraction of sp³-hybridized carbons (Fsp3) is 1.00. The van der Waals surface area contributed by atoms with E-state index in [2.05, 4.69) is 0 Å². The molecule has 68 valence electrons. The molecule has 0 aromatic heterocycles. The van der Waals surface area contributed by atoms with Crippen molar-refractivity contribution in [2.24, 2.45) is 5.50 Å². The monoisotopic (exact) mass is 330 g/mol. The third kappa shape index (κ3) is 5.66. The highest BCUT2D eigenvalue weighted by atomic mass is 127. The molecular weight excluding hydrogens is 321 g/mol. The predicted octanol–water partition coefficient (Wildman–Crippen LogP) is 2.27. The molecule has 0 aliphatic heterocycles. The van der Waals surface area contributed by atoms with Gasteiger partial charge in [-0.2, -0.15) is 0 Å². The fourth-order valence-corrected chi connectivity index (χ4v) is 3.26. The first-order chi connectivity index (χ1) is 5.02. The minimum Gasteiger partial charge on any atom is -0.278 e. The number of rotatable bonds is 5. The predicted molar refractivity (Wildman–Crippen MR) is 58.8 cm³/mol. The summed E-state index contributed by atoms with van der Waals surface area (Å²) in [6.45, 7) is 1.04. The average molecular weight is 331 g/mol. The van der Waals surface area contributed by atoms with Crippen LogP contribution in [0.4, 0.5) is 0 Å². The van der Waals surface area contributed by atoms with Crippen LogP contribution in [0.2, 0.25) is 0 Å². The van der Waals surface area contributed by atoms with Crippen LogP contribution in [0, 0.1) is 0 Å². The van der Waals surface area contributed by atoms with Crippen LogP contribution in [-0.2, 0) is 4.57 Å². The van der Waals surface area contributed by atoms with E-state index in [0.29, 0.717) is 24.8 Å². The largest absolute Gasteiger partial charge is 0.278 e. The Kier molecular flexibility index (Phi) is 6.79. The molecule has 0 saturated heterocycles. The van der Waals surface area contributed by atoms with Crippen molar-refractivity contribution in [3.05, 3.63) is 0 Å². The molecule has 0 saturated carbocycles. The summed E-state index contributed by atoms with van der Waals surface area (Å²) in [4.78, 5) is 0. The Bertz CT molecular complexity index is 147. The van der Waals surface area contributed by atoms with Gasteiger partial charge in [0.15, 0.2) is 0 Å². The second-order valence-corrected chi connectivity index (χ2v) is 8.43. The molecule has 0 aromatic carbocycles. The van der Waals surface area contributed by atoms with Crippen molar-refractivity contribution in [3.63, 3.8) is 0 Å². The molecule has 0 radical (unpaired) electrons. The van der Waals surface area contributed by atoms with Gasteiger partial charge in [0.25, 0.3) is 5.09 Å². The Morgan fingerprint density at radius 3 is 1.91 bits per heavy atom. The van der Waals surface area contributed by atoms with E-state index in [9.17, 15) is 4.57 Å². The molecule has 1 atom stereocenters. The number of halogens is 3. The van der Waals surface area contributed by atoms with Gasteiger partial charge in [-0.25, -0.2) is 4.67 Å². The van der Waals surface area contributed by atoms with Crippen LogP contribution in [0.5, 0.6) is 0 Å². The van der Waals surface area contributed by atoms with E-state index < -0.39 is 5.09 Å². The summed E-state index contributed by atoms with van der Waals surface area (Å²) >= 11 is 12.7. The topological polar surface area (TPSA) is 46.3 Å². The third-order valence-corrected chi connectivity index (χ3v) is 4.41. The minimum atomic E-state index is -2.67. The second-order valence-electron chi connectivity index (χ2n) is 1.88. The minimum absolute atomic E-state index is 0.418. The lowest BCUT2D eigenvalue weighted by Crippen LogP contribution is -2.25. The zero-order valence-electron chi connectivity index (χ0n) is 5.84. The van der Waals surface area contributed by atoms with Crippen molar-refractivity contribution >= 4 is 50.3 Å². The van der Waals surface area contributed by atoms with Gasteiger partial charge in [-0.15, -0.1) is 23.2 Å². The number of hydrogen-bond acceptors (Lipinski definition) is 1. The Labute approximate surface area is 89.5 Å². The zero-order chi connectivity index (χ0) is 8.91. The van der Waals surface area contributed by atoms with E-state index in [0.717, 1.165) is 0 Å². The Morgan fingerprint density at radius 1 is 1.36 bits per heavy atom. The Balaban J connectivity index is 3.99. The van der Waals surface area contributed by atoms with Crippen LogP contribution in [0.1, 0.15) is 0 Å². The molecule has 0 rings (SSSR count). The zero-order valence-corrected chi connectivity index (χ0v) is 10.4. The smallest absolute Gasteiger partial charge is 0.268 e. The average Bonchev–Trinajstić information content (AvgIpc) is 1.85. The summed E-state index contributed by atoms with van der Waals surface area (Å²) in [6.07, 6.45) is 0. The van der Waals surface area contributed by atoms with Crippen molar-refractivity contribution in [1.29, 1.82) is 0 Å². The van der Waals surface area contributed by atoms with Crippen molar-refractivity contribution < 1.29 is 4.57 Å². The molecular formula is C4H10Cl2IN2OP. The van der Waals surface area contributed by atoms with E-state index in [4.69, 9.17) is 28.7 Å². The summed E-state index contributed by atoms with van der Waals surface area (Å²) in [7, 11) is 0. The summed E-state index contributed by atoms with van der Waals surface area (Å²) in [5.74, 6) is 0.835. The van der Waals surface area contributed by atoms with E-state index in [1.54, 1.807) is 26.7 Å². The molecule has 0 aromatic rings. The maximum absolute atomic E-state index is 11.3. The fourth-order valence-electron chi connectivity index (χ4n) is 0.580. The molecule has 11 heavy (non-hydrogen) atoms. The maximum Gasteiger partial charge on any atom is 0.268 e. The Hall–Kier alpha value is 1.46. The van der Waals surface area contributed by atoms with E-state index >= 15 is 0 Å². The van der Waals surface area contributed by atoms with E-state index in [-0.39, 0.29) is 0 Å². The lowest BCUT2D eigenvalue weighted by atomic mass is 10.7. The van der Waals surface area contributed by atoms with Crippen LogP contribution in [-0.4, -0.2) is 29.5 Å². The van der Waals surface area contributed by atoms with Crippen molar-refractivity contribution in [3.8, 4) is 0 Å². The van der Waals surface area contributed by atoms with Crippen LogP contribution in [0.15, 0.2) is 0 Å². The molecule has 0 aliphatic carbocycles. The quantitative estimate of drug-likeness (QED) is 0.478. The summed E-state index contributed by atoms with van der Waals surface area (Å²) in [5, 5.41) is -2.67. The van der Waals surface area contributed by atoms with Gasteiger partial charge in [-0.3, -0.25) is 10.1 Å². The van der Waals surface area contributed by atoms with Gasteiger partial charge in [-0.05, 0) is 0 Å². The van der Waals surface area contributed by atoms with Gasteiger partial charge >= 0.3 is 0 Å². The summed E-state index contributed by atoms with van der Waals surface area (Å²) in [5.41, 5.74) is 5.40. The highest BCUT2D eigenvalue weighted by Gasteiger charge is 2.20. The highest BCUT2D eigenvalue weighted by Crippen LogP contribution is 2.49. The third-order valence-electron chi connectivity index (χ3n) is 1.07. The van der Waals surface area contributed by atoms with Crippen molar-refractivity contribution in [1.82, 2.24) is 4.67 Å². The Morgan fingerprint density at radius 2 is 1.73 bits per heavy atom. The van der Waals surface area contributed by atoms with E-state index in [1.807, 2.05) is 0 Å². The molecule has 0 fully saturated rings. The molecule has 0 spiro atoms. The first kappa shape index (κ1) is 12.5. The van der Waals surface area contributed by atoms with E-state index in [1.165, 1.54) is 0 Å². The highest BCUT2D eigenvalue weighted by molar-refractivity contribution is 14.2. The molecule has 0 heterocycles. The van der Waals surface area contributed by atoms with Gasteiger partial charge in [-0.1, -0.05) is 0 Å². The van der Waals surface area contributed by atoms with Crippen LogP contribution >= 0.6 is 50.3 Å². The van der Waals surface area contributed by atoms with Gasteiger partial charge in [0.2, 0.25) is 0 Å². The molecule has 2 N–H and O–H groups in total. The summed E-state index contributed by atoms with van der Waals surface area (Å²) in [6, 6.07) is 0. The number of alkyl halides is 2. The first-order valence-corrected chi connectivity index (χ1v) is 8.56. The lowest BCUT2D eigenvalue weighted by molar-refractivity contribution is 0.462. The normalized spacial score (nSPS) is 16.8. The number of hydrogen-bond donors (Lipinski definition) is 1. The second kappa shape index (κ2) is 6.00. The molecule has 1 unspecified atom stereocenters. The summed E-state index contributed by atoms with van der Waals surface area (Å²) < 4.78 is 12.9. The molecule has 7 heteroatoms. The number of nitrogens with two attached hydrogens (primary N) is 1. The van der Waals surface area contributed by atoms with Gasteiger partial charge in [0, 0.05) is 46.9 Å². The van der Waals surface area contributed by atoms with Gasteiger partial charge in [0.05, 0.1) is 0 Å². The van der Waals surface area contributed by atoms with Crippen molar-refractivity contribution in [2.45, 2.75) is 0 Å². The van der Waals surface area contributed by atoms with Crippen LogP contribution in [0.25, 0.3) is 0 Å². The number of nitrogens with zero attached hydrogens (tertiary/aromatic N) is 1. The lowest BCUT2D eigenvalue weighted by Gasteiger charge is -2.21. The molecule has 3 nitrogen and oxygen atoms in total. The molecule has 0 aliphatic rings. The standard InChI is InChI=1S/C4H10Cl2IN2OP/c5-1-3-9(4-2-6)11(7,8)10/h1-4H2,(H2,8,10). The van der Waals surface area contributed by atoms with Crippen LogP contribution < -0.4 is 5.50 Å². The van der Waals surface area contributed by atoms with Crippen LogP contribution in [0.3, 0.4) is 0 Å². The van der Waals surface area contributed by atoms with Gasteiger partial charge in [0.1, 0.15) is 0 Å². The molecule has 0 bridgehead atoms.